The van der Waals surface area contributed by atoms with Crippen LogP contribution in [0.3, 0.4) is 0 Å². The standard InChI is InChI=1S/C21H20ClFN2O3/c1-3-25(12-19(26)24-11-14-4-7-16(23)8-5-14)21(27)20-13(2)17-10-15(22)6-9-18(17)28-20/h4-10H,3,11-12H2,1-2H3,(H,24,26). The molecule has 7 heteroatoms. The number of hydrogen-bond donors (Lipinski definition) is 1. The van der Waals surface area contributed by atoms with Gasteiger partial charge < -0.3 is 14.6 Å². The average Bonchev–Trinajstić information content (AvgIpc) is 3.01. The van der Waals surface area contributed by atoms with Crippen LogP contribution in [0.1, 0.15) is 28.6 Å². The van der Waals surface area contributed by atoms with E-state index in [9.17, 15) is 14.0 Å². The van der Waals surface area contributed by atoms with Gasteiger partial charge in [-0.05, 0) is 49.7 Å². The summed E-state index contributed by atoms with van der Waals surface area (Å²) in [6.07, 6.45) is 0. The molecule has 146 valence electrons. The van der Waals surface area contributed by atoms with Crippen molar-refractivity contribution in [1.29, 1.82) is 0 Å². The number of halogens is 2. The van der Waals surface area contributed by atoms with Gasteiger partial charge in [0.25, 0.3) is 5.91 Å². The Morgan fingerprint density at radius 1 is 1.18 bits per heavy atom. The van der Waals surface area contributed by atoms with Gasteiger partial charge in [-0.1, -0.05) is 23.7 Å². The third-order valence-electron chi connectivity index (χ3n) is 4.50. The lowest BCUT2D eigenvalue weighted by molar-refractivity contribution is -0.121. The van der Waals surface area contributed by atoms with Gasteiger partial charge in [0, 0.05) is 29.1 Å². The number of nitrogens with zero attached hydrogens (tertiary/aromatic N) is 1. The van der Waals surface area contributed by atoms with Gasteiger partial charge in [-0.3, -0.25) is 9.59 Å². The SMILES string of the molecule is CCN(CC(=O)NCc1ccc(F)cc1)C(=O)c1oc2ccc(Cl)cc2c1C. The number of nitrogens with one attached hydrogen (secondary N) is 1. The average molecular weight is 403 g/mol. The summed E-state index contributed by atoms with van der Waals surface area (Å²) in [6.45, 7) is 4.08. The molecule has 0 aliphatic carbocycles. The van der Waals surface area contributed by atoms with Crippen molar-refractivity contribution in [3.63, 3.8) is 0 Å². The number of carbonyl (C=O) groups excluding carboxylic acids is 2. The van der Waals surface area contributed by atoms with Gasteiger partial charge in [0.15, 0.2) is 5.76 Å². The van der Waals surface area contributed by atoms with E-state index in [1.807, 2.05) is 0 Å². The van der Waals surface area contributed by atoms with Crippen molar-refractivity contribution in [3.05, 3.63) is 70.2 Å². The molecule has 0 aliphatic heterocycles. The molecule has 2 aromatic carbocycles. The lowest BCUT2D eigenvalue weighted by Gasteiger charge is -2.19. The topological polar surface area (TPSA) is 62.6 Å². The van der Waals surface area contributed by atoms with Crippen molar-refractivity contribution in [2.45, 2.75) is 20.4 Å². The minimum atomic E-state index is -0.357. The van der Waals surface area contributed by atoms with Crippen LogP contribution in [0.2, 0.25) is 5.02 Å². The first-order chi connectivity index (χ1) is 13.4. The fourth-order valence-corrected chi connectivity index (χ4v) is 3.07. The molecule has 1 aromatic heterocycles. The zero-order valence-corrected chi connectivity index (χ0v) is 16.3. The van der Waals surface area contributed by atoms with E-state index in [1.54, 1.807) is 44.2 Å². The highest BCUT2D eigenvalue weighted by Crippen LogP contribution is 2.28. The third kappa shape index (κ3) is 4.34. The zero-order valence-electron chi connectivity index (χ0n) is 15.6. The van der Waals surface area contributed by atoms with E-state index < -0.39 is 0 Å². The van der Waals surface area contributed by atoms with Crippen LogP contribution in [-0.4, -0.2) is 29.8 Å². The summed E-state index contributed by atoms with van der Waals surface area (Å²) in [6, 6.07) is 11.0. The van der Waals surface area contributed by atoms with Crippen LogP contribution in [0.4, 0.5) is 4.39 Å². The molecular formula is C21H20ClFN2O3. The highest BCUT2D eigenvalue weighted by Gasteiger charge is 2.24. The Balaban J connectivity index is 1.68. The van der Waals surface area contributed by atoms with Crippen LogP contribution in [-0.2, 0) is 11.3 Å². The maximum absolute atomic E-state index is 12.9. The van der Waals surface area contributed by atoms with E-state index in [0.29, 0.717) is 22.7 Å². The molecule has 3 rings (SSSR count). The second kappa shape index (κ2) is 8.44. The summed E-state index contributed by atoms with van der Waals surface area (Å²) in [5.41, 5.74) is 2.03. The molecule has 28 heavy (non-hydrogen) atoms. The second-order valence-electron chi connectivity index (χ2n) is 6.42. The number of amides is 2. The largest absolute Gasteiger partial charge is 0.451 e. The molecule has 0 aliphatic rings. The van der Waals surface area contributed by atoms with Gasteiger partial charge in [-0.15, -0.1) is 0 Å². The number of fused-ring (bicyclic) bond motifs is 1. The molecule has 0 atom stereocenters. The van der Waals surface area contributed by atoms with E-state index in [4.69, 9.17) is 16.0 Å². The van der Waals surface area contributed by atoms with Crippen molar-refractivity contribution < 1.29 is 18.4 Å². The number of aryl methyl sites for hydroxylation is 1. The van der Waals surface area contributed by atoms with Crippen molar-refractivity contribution in [1.82, 2.24) is 10.2 Å². The van der Waals surface area contributed by atoms with Crippen LogP contribution in [0.15, 0.2) is 46.9 Å². The normalized spacial score (nSPS) is 10.9. The lowest BCUT2D eigenvalue weighted by atomic mass is 10.1. The molecule has 0 radical (unpaired) electrons. The van der Waals surface area contributed by atoms with Crippen molar-refractivity contribution in [3.8, 4) is 0 Å². The molecule has 1 N–H and O–H groups in total. The smallest absolute Gasteiger partial charge is 0.290 e. The van der Waals surface area contributed by atoms with Gasteiger partial charge in [0.05, 0.1) is 6.54 Å². The number of likely N-dealkylation sites (N-methyl/N-ethyl adjacent to an activating group) is 1. The molecule has 2 amide bonds. The highest BCUT2D eigenvalue weighted by atomic mass is 35.5. The summed E-state index contributed by atoms with van der Waals surface area (Å²) in [5, 5.41) is 4.06. The summed E-state index contributed by atoms with van der Waals surface area (Å²) < 4.78 is 18.6. The van der Waals surface area contributed by atoms with Crippen LogP contribution in [0, 0.1) is 12.7 Å². The Bertz CT molecular complexity index is 1010. The number of benzene rings is 2. The predicted octanol–water partition coefficient (Wildman–Crippen LogP) is 4.31. The van der Waals surface area contributed by atoms with Crippen molar-refractivity contribution in [2.75, 3.05) is 13.1 Å². The molecule has 0 fully saturated rings. The third-order valence-corrected chi connectivity index (χ3v) is 4.73. The van der Waals surface area contributed by atoms with E-state index in [-0.39, 0.29) is 36.5 Å². The van der Waals surface area contributed by atoms with Crippen LogP contribution in [0.5, 0.6) is 0 Å². The zero-order chi connectivity index (χ0) is 20.3. The summed E-state index contributed by atoms with van der Waals surface area (Å²) >= 11 is 6.02. The molecule has 0 unspecified atom stereocenters. The van der Waals surface area contributed by atoms with E-state index in [2.05, 4.69) is 5.32 Å². The van der Waals surface area contributed by atoms with Crippen LogP contribution in [0.25, 0.3) is 11.0 Å². The Labute approximate surface area is 167 Å². The Hall–Kier alpha value is -2.86. The van der Waals surface area contributed by atoms with Gasteiger partial charge in [0.2, 0.25) is 5.91 Å². The maximum atomic E-state index is 12.9. The first-order valence-corrected chi connectivity index (χ1v) is 9.26. The first kappa shape index (κ1) is 19.9. The first-order valence-electron chi connectivity index (χ1n) is 8.88. The minimum Gasteiger partial charge on any atom is -0.451 e. The van der Waals surface area contributed by atoms with Crippen molar-refractivity contribution in [2.24, 2.45) is 0 Å². The Morgan fingerprint density at radius 2 is 1.89 bits per heavy atom. The van der Waals surface area contributed by atoms with Crippen molar-refractivity contribution >= 4 is 34.4 Å². The molecule has 0 saturated carbocycles. The molecule has 0 saturated heterocycles. The Kier molecular flexibility index (Phi) is 5.99. The van der Waals surface area contributed by atoms with Gasteiger partial charge in [-0.2, -0.15) is 0 Å². The molecule has 1 heterocycles. The predicted molar refractivity (Wildman–Crippen MR) is 106 cm³/mol. The molecule has 3 aromatic rings. The van der Waals surface area contributed by atoms with Gasteiger partial charge in [-0.25, -0.2) is 4.39 Å². The number of hydrogen-bond acceptors (Lipinski definition) is 3. The fourth-order valence-electron chi connectivity index (χ4n) is 2.90. The monoisotopic (exact) mass is 402 g/mol. The van der Waals surface area contributed by atoms with Crippen LogP contribution < -0.4 is 5.32 Å². The summed E-state index contributed by atoms with van der Waals surface area (Å²) in [7, 11) is 0. The fraction of sp³-hybridized carbons (Fsp3) is 0.238. The van der Waals surface area contributed by atoms with E-state index >= 15 is 0 Å². The summed E-state index contributed by atoms with van der Waals surface area (Å²) in [5.74, 6) is -0.800. The number of rotatable bonds is 6. The maximum Gasteiger partial charge on any atom is 0.290 e. The molecule has 0 bridgehead atoms. The number of carbonyl (C=O) groups is 2. The quantitative estimate of drug-likeness (QED) is 0.668. The van der Waals surface area contributed by atoms with E-state index in [0.717, 1.165) is 10.9 Å². The molecule has 5 nitrogen and oxygen atoms in total. The Morgan fingerprint density at radius 3 is 2.57 bits per heavy atom. The van der Waals surface area contributed by atoms with Crippen LogP contribution >= 0.6 is 11.6 Å². The van der Waals surface area contributed by atoms with E-state index in [1.165, 1.54) is 17.0 Å². The summed E-state index contributed by atoms with van der Waals surface area (Å²) in [4.78, 5) is 26.5. The van der Waals surface area contributed by atoms with Gasteiger partial charge in [0.1, 0.15) is 11.4 Å². The lowest BCUT2D eigenvalue weighted by Crippen LogP contribution is -2.40. The minimum absolute atomic E-state index is 0.103. The molecule has 0 spiro atoms. The van der Waals surface area contributed by atoms with Gasteiger partial charge >= 0.3 is 0 Å². The molecular weight excluding hydrogens is 383 g/mol. The second-order valence-corrected chi connectivity index (χ2v) is 6.86. The highest BCUT2D eigenvalue weighted by molar-refractivity contribution is 6.31. The number of furan rings is 1.